The van der Waals surface area contributed by atoms with Gasteiger partial charge in [-0.2, -0.15) is 10.2 Å². The van der Waals surface area contributed by atoms with Crippen molar-refractivity contribution < 1.29 is 4.74 Å². The lowest BCUT2D eigenvalue weighted by atomic mass is 10.1. The number of rotatable bonds is 4. The van der Waals surface area contributed by atoms with Gasteiger partial charge in [-0.1, -0.05) is 41.9 Å². The Kier molecular flexibility index (Phi) is 5.00. The van der Waals surface area contributed by atoms with Crippen molar-refractivity contribution in [2.24, 2.45) is 5.10 Å². The highest BCUT2D eigenvalue weighted by Gasteiger charge is 2.13. The molecule has 1 aliphatic rings. The van der Waals surface area contributed by atoms with E-state index in [1.807, 2.05) is 76.7 Å². The maximum atomic E-state index is 6.18. The topological polar surface area (TPSA) is 42.7 Å². The summed E-state index contributed by atoms with van der Waals surface area (Å²) in [6.07, 6.45) is 3.86. The number of ether oxygens (including phenoxy) is 1. The van der Waals surface area contributed by atoms with Crippen LogP contribution in [-0.2, 0) is 4.74 Å². The molecule has 2 heterocycles. The molecule has 0 aliphatic carbocycles. The maximum Gasteiger partial charge on any atom is 0.102 e. The van der Waals surface area contributed by atoms with Gasteiger partial charge in [0.25, 0.3) is 0 Å². The monoisotopic (exact) mass is 366 g/mol. The van der Waals surface area contributed by atoms with Crippen LogP contribution < -0.4 is 0 Å². The fourth-order valence-electron chi connectivity index (χ4n) is 2.87. The molecule has 26 heavy (non-hydrogen) atoms. The number of hydrogen-bond donors (Lipinski definition) is 0. The van der Waals surface area contributed by atoms with E-state index in [0.717, 1.165) is 35.6 Å². The lowest BCUT2D eigenvalue weighted by molar-refractivity contribution is 0.0397. The van der Waals surface area contributed by atoms with E-state index in [9.17, 15) is 0 Å². The van der Waals surface area contributed by atoms with Crippen molar-refractivity contribution in [3.05, 3.63) is 71.4 Å². The van der Waals surface area contributed by atoms with E-state index in [2.05, 4.69) is 5.10 Å². The first-order valence-electron chi connectivity index (χ1n) is 8.57. The average Bonchev–Trinajstić information content (AvgIpc) is 3.12. The lowest BCUT2D eigenvalue weighted by Gasteiger charge is -2.23. The van der Waals surface area contributed by atoms with E-state index in [1.54, 1.807) is 0 Å². The third-order valence-electron chi connectivity index (χ3n) is 4.21. The van der Waals surface area contributed by atoms with Gasteiger partial charge in [0.2, 0.25) is 0 Å². The molecule has 0 spiro atoms. The zero-order chi connectivity index (χ0) is 17.8. The molecule has 0 N–H and O–H groups in total. The molecular formula is C20H19ClN4O. The normalized spacial score (nSPS) is 14.9. The van der Waals surface area contributed by atoms with E-state index in [0.29, 0.717) is 18.2 Å². The van der Waals surface area contributed by atoms with Crippen LogP contribution in [0.15, 0.2) is 65.9 Å². The minimum absolute atomic E-state index is 0.688. The smallest absolute Gasteiger partial charge is 0.102 e. The number of para-hydroxylation sites is 1. The summed E-state index contributed by atoms with van der Waals surface area (Å²) < 4.78 is 7.25. The van der Waals surface area contributed by atoms with Crippen LogP contribution in [0.2, 0.25) is 5.02 Å². The minimum Gasteiger partial charge on any atom is -0.378 e. The summed E-state index contributed by atoms with van der Waals surface area (Å²) >= 11 is 6.18. The van der Waals surface area contributed by atoms with Crippen molar-refractivity contribution in [3.8, 4) is 16.9 Å². The SMILES string of the molecule is Clc1cccc(-c2nn(-c3ccccc3)cc2/C=N\N2CCOCC2)c1. The van der Waals surface area contributed by atoms with Gasteiger partial charge in [0.15, 0.2) is 0 Å². The summed E-state index contributed by atoms with van der Waals surface area (Å²) in [6, 6.07) is 17.8. The van der Waals surface area contributed by atoms with Gasteiger partial charge in [-0.3, -0.25) is 5.01 Å². The van der Waals surface area contributed by atoms with Crippen LogP contribution in [0.4, 0.5) is 0 Å². The largest absolute Gasteiger partial charge is 0.378 e. The standard InChI is InChI=1S/C20H19ClN4O/c21-18-6-4-5-16(13-18)20-17(14-22-24-9-11-26-12-10-24)15-25(23-20)19-7-2-1-3-8-19/h1-8,13-15H,9-12H2/b22-14-. The Hall–Kier alpha value is -2.63. The number of hydrazone groups is 1. The Morgan fingerprint density at radius 1 is 1.04 bits per heavy atom. The Labute approximate surface area is 157 Å². The third-order valence-corrected chi connectivity index (χ3v) is 4.44. The molecule has 4 rings (SSSR count). The average molecular weight is 367 g/mol. The Morgan fingerprint density at radius 2 is 1.85 bits per heavy atom. The molecule has 1 saturated heterocycles. The summed E-state index contributed by atoms with van der Waals surface area (Å²) in [7, 11) is 0. The summed E-state index contributed by atoms with van der Waals surface area (Å²) in [6.45, 7) is 3.02. The number of hydrogen-bond acceptors (Lipinski definition) is 4. The fraction of sp³-hybridized carbons (Fsp3) is 0.200. The van der Waals surface area contributed by atoms with E-state index < -0.39 is 0 Å². The predicted octanol–water partition coefficient (Wildman–Crippen LogP) is 3.86. The molecule has 1 aliphatic heterocycles. The molecule has 0 bridgehead atoms. The third kappa shape index (κ3) is 3.79. The Morgan fingerprint density at radius 3 is 2.62 bits per heavy atom. The van der Waals surface area contributed by atoms with Gasteiger partial charge < -0.3 is 4.74 Å². The quantitative estimate of drug-likeness (QED) is 0.658. The first kappa shape index (κ1) is 16.8. The summed E-state index contributed by atoms with van der Waals surface area (Å²) in [5.74, 6) is 0. The first-order chi connectivity index (χ1) is 12.8. The highest BCUT2D eigenvalue weighted by Crippen LogP contribution is 2.25. The molecule has 1 fully saturated rings. The Balaban J connectivity index is 1.72. The highest BCUT2D eigenvalue weighted by molar-refractivity contribution is 6.30. The van der Waals surface area contributed by atoms with Crippen molar-refractivity contribution in [2.75, 3.05) is 26.3 Å². The van der Waals surface area contributed by atoms with Gasteiger partial charge in [-0.05, 0) is 24.3 Å². The van der Waals surface area contributed by atoms with Gasteiger partial charge in [0.1, 0.15) is 5.69 Å². The summed E-state index contributed by atoms with van der Waals surface area (Å²) in [4.78, 5) is 0. The lowest BCUT2D eigenvalue weighted by Crippen LogP contribution is -2.32. The molecule has 0 amide bonds. The Bertz CT molecular complexity index is 901. The van der Waals surface area contributed by atoms with Crippen molar-refractivity contribution in [1.82, 2.24) is 14.8 Å². The van der Waals surface area contributed by atoms with Gasteiger partial charge in [0.05, 0.1) is 38.2 Å². The number of benzene rings is 2. The molecular weight excluding hydrogens is 348 g/mol. The number of nitrogens with zero attached hydrogens (tertiary/aromatic N) is 4. The minimum atomic E-state index is 0.688. The second-order valence-corrected chi connectivity index (χ2v) is 6.47. The van der Waals surface area contributed by atoms with Gasteiger partial charge >= 0.3 is 0 Å². The first-order valence-corrected chi connectivity index (χ1v) is 8.95. The van der Waals surface area contributed by atoms with Crippen LogP contribution in [0.25, 0.3) is 16.9 Å². The number of halogens is 1. The summed E-state index contributed by atoms with van der Waals surface area (Å²) in [5, 5.41) is 12.1. The number of morpholine rings is 1. The maximum absolute atomic E-state index is 6.18. The van der Waals surface area contributed by atoms with Crippen molar-refractivity contribution in [2.45, 2.75) is 0 Å². The van der Waals surface area contributed by atoms with Crippen LogP contribution in [-0.4, -0.2) is 47.3 Å². The van der Waals surface area contributed by atoms with Crippen LogP contribution in [0.5, 0.6) is 0 Å². The zero-order valence-electron chi connectivity index (χ0n) is 14.3. The zero-order valence-corrected chi connectivity index (χ0v) is 15.0. The van der Waals surface area contributed by atoms with E-state index in [-0.39, 0.29) is 0 Å². The van der Waals surface area contributed by atoms with Crippen molar-refractivity contribution in [3.63, 3.8) is 0 Å². The molecule has 0 atom stereocenters. The van der Waals surface area contributed by atoms with Crippen molar-refractivity contribution >= 4 is 17.8 Å². The molecule has 1 aromatic heterocycles. The molecule has 2 aromatic carbocycles. The van der Waals surface area contributed by atoms with Crippen LogP contribution in [0.1, 0.15) is 5.56 Å². The second-order valence-electron chi connectivity index (χ2n) is 6.03. The van der Waals surface area contributed by atoms with Crippen LogP contribution in [0, 0.1) is 0 Å². The summed E-state index contributed by atoms with van der Waals surface area (Å²) in [5.41, 5.74) is 3.77. The van der Waals surface area contributed by atoms with Crippen LogP contribution in [0.3, 0.4) is 0 Å². The highest BCUT2D eigenvalue weighted by atomic mass is 35.5. The molecule has 6 heteroatoms. The molecule has 5 nitrogen and oxygen atoms in total. The van der Waals surface area contributed by atoms with E-state index in [4.69, 9.17) is 21.4 Å². The van der Waals surface area contributed by atoms with Crippen LogP contribution >= 0.6 is 11.6 Å². The van der Waals surface area contributed by atoms with Crippen molar-refractivity contribution in [1.29, 1.82) is 0 Å². The van der Waals surface area contributed by atoms with Gasteiger partial charge in [-0.25, -0.2) is 4.68 Å². The number of aromatic nitrogens is 2. The second kappa shape index (κ2) is 7.72. The fourth-order valence-corrected chi connectivity index (χ4v) is 3.06. The molecule has 3 aromatic rings. The molecule has 0 saturated carbocycles. The molecule has 132 valence electrons. The molecule has 0 radical (unpaired) electrons. The van der Waals surface area contributed by atoms with E-state index in [1.165, 1.54) is 0 Å². The molecule has 0 unspecified atom stereocenters. The van der Waals surface area contributed by atoms with E-state index >= 15 is 0 Å². The van der Waals surface area contributed by atoms with Gasteiger partial charge in [-0.15, -0.1) is 0 Å². The predicted molar refractivity (Wildman–Crippen MR) is 104 cm³/mol. The van der Waals surface area contributed by atoms with Gasteiger partial charge in [0, 0.05) is 22.3 Å².